The number of nitrogens with zero attached hydrogens (tertiary/aromatic N) is 1. The van der Waals surface area contributed by atoms with Crippen LogP contribution in [0.25, 0.3) is 66.1 Å². The fraction of sp³-hybridized carbons (Fsp3) is 0.0137. The standard InChI is InChI=1S/C36H22Br2O2.C36H24O2.CH3F.BHNS/c37-31-22-20-28(26-16-8-10-18-30(26)36(40)24-13-5-2-6-14-24)34-32(38)21-19-27(33(31)34)25-15-7-9-17-29(25)35(39)23-11-3-1-4-12-23;37-35(25-13-3-1-4-14-25)33-19-9-7-17-31(33)29-23-11-22-28-27(29)21-12-24-30(28)32-18-8-10-20-34(32)36(38)26-15-5-2-6-16-26;1-2;1-2-3/h1-22H;1-24H;1H3;3H/i;;1D;. The van der Waals surface area contributed by atoms with Gasteiger partial charge in [0.1, 0.15) is 0 Å². The number of rotatable bonds is 12. The molecule has 0 N–H and O–H groups in total. The molecule has 0 bridgehead atoms. The molecule has 0 fully saturated rings. The van der Waals surface area contributed by atoms with Crippen LogP contribution in [-0.4, -0.2) is 37.9 Å². The third-order valence-corrected chi connectivity index (χ3v) is 15.3. The Morgan fingerprint density at radius 1 is 0.337 bits per heavy atom. The second kappa shape index (κ2) is 28.1. The third-order valence-electron chi connectivity index (χ3n) is 14.0. The molecule has 10 heteroatoms. The van der Waals surface area contributed by atoms with Crippen LogP contribution >= 0.6 is 44.7 Å². The first-order valence-electron chi connectivity index (χ1n) is 26.9. The van der Waals surface area contributed by atoms with E-state index in [2.05, 4.69) is 80.9 Å². The molecule has 5 nitrogen and oxygen atoms in total. The average molecular weight is 1230 g/mol. The minimum atomic E-state index is -1.00. The first-order chi connectivity index (χ1) is 41.1. The van der Waals surface area contributed by atoms with Crippen molar-refractivity contribution in [2.45, 2.75) is 0 Å². The van der Waals surface area contributed by atoms with E-state index in [9.17, 15) is 23.6 Å². The van der Waals surface area contributed by atoms with Crippen LogP contribution in [-0.2, 0) is 0 Å². The molecule has 83 heavy (non-hydrogen) atoms. The van der Waals surface area contributed by atoms with Crippen LogP contribution in [0.1, 0.15) is 65.1 Å². The van der Waals surface area contributed by atoms with Crippen molar-refractivity contribution in [1.29, 1.82) is 0 Å². The van der Waals surface area contributed by atoms with Gasteiger partial charge < -0.3 is 0 Å². The number of fused-ring (bicyclic) bond motifs is 2. The SMILES string of the molecule is O=C(c1ccccc1)c1ccccc1-c1ccc(Br)c2c(-c3ccccc3C(=O)c3ccccc3)ccc(Br)c12.O=C(c1ccccc1)c1ccccc1-c1cccc2c(-c3ccccc3C(=O)c3ccccc3)cccc12.[2H]CF.[B]=NS. The Morgan fingerprint density at radius 2 is 0.554 bits per heavy atom. The van der Waals surface area contributed by atoms with Crippen molar-refractivity contribution >= 4 is 97.0 Å². The van der Waals surface area contributed by atoms with Crippen LogP contribution < -0.4 is 0 Å². The van der Waals surface area contributed by atoms with Crippen molar-refractivity contribution < 1.29 is 24.9 Å². The van der Waals surface area contributed by atoms with Gasteiger partial charge in [-0.05, 0) is 67.4 Å². The van der Waals surface area contributed by atoms with Crippen LogP contribution in [0.5, 0.6) is 0 Å². The Bertz CT molecular complexity index is 4070. The molecule has 0 aliphatic heterocycles. The van der Waals surface area contributed by atoms with Gasteiger partial charge >= 0.3 is 24.8 Å². The molecule has 0 saturated heterocycles. The zero-order valence-corrected chi connectivity index (χ0v) is 48.6. The molecule has 0 saturated carbocycles. The van der Waals surface area contributed by atoms with Gasteiger partial charge in [-0.25, -0.2) is 0 Å². The van der Waals surface area contributed by atoms with Crippen molar-refractivity contribution in [2.24, 2.45) is 4.30 Å². The normalized spacial score (nSPS) is 10.6. The quantitative estimate of drug-likeness (QED) is 0.0751. The van der Waals surface area contributed by atoms with Crippen LogP contribution in [0.15, 0.2) is 292 Å². The van der Waals surface area contributed by atoms with Gasteiger partial charge in [0, 0.05) is 64.2 Å². The Kier molecular flexibility index (Phi) is 19.4. The summed E-state index contributed by atoms with van der Waals surface area (Å²) in [5.74, 6) is -0.0713. The van der Waals surface area contributed by atoms with Gasteiger partial charge in [0.05, 0.1) is 8.52 Å². The summed E-state index contributed by atoms with van der Waals surface area (Å²) < 4.78 is 20.0. The van der Waals surface area contributed by atoms with Crippen LogP contribution in [0, 0.1) is 0 Å². The number of carbonyl (C=O) groups excluding carboxylic acids is 4. The number of alkyl halides is 1. The van der Waals surface area contributed by atoms with E-state index in [4.69, 9.17) is 1.37 Å². The van der Waals surface area contributed by atoms with Crippen molar-refractivity contribution in [3.63, 3.8) is 0 Å². The van der Waals surface area contributed by atoms with E-state index < -0.39 is 7.15 Å². The van der Waals surface area contributed by atoms with E-state index in [0.29, 0.717) is 44.5 Å². The molecule has 12 aromatic carbocycles. The van der Waals surface area contributed by atoms with E-state index in [-0.39, 0.29) is 23.1 Å². The number of hydrogen-bond acceptors (Lipinski definition) is 6. The third kappa shape index (κ3) is 12.9. The van der Waals surface area contributed by atoms with Crippen molar-refractivity contribution in [3.8, 4) is 44.5 Å². The predicted molar refractivity (Wildman–Crippen MR) is 349 cm³/mol. The Balaban J connectivity index is 0.000000185. The molecule has 0 heterocycles. The summed E-state index contributed by atoms with van der Waals surface area (Å²) >= 11 is 10.8. The molecule has 0 spiro atoms. The molecule has 0 amide bonds. The number of benzene rings is 12. The Morgan fingerprint density at radius 3 is 0.819 bits per heavy atom. The molecule has 401 valence electrons. The maximum atomic E-state index is 13.6. The molecule has 1 radical (unpaired) electrons. The van der Waals surface area contributed by atoms with Crippen molar-refractivity contribution in [1.82, 2.24) is 0 Å². The maximum absolute atomic E-state index is 13.6. The second-order valence-corrected chi connectivity index (χ2v) is 20.7. The van der Waals surface area contributed by atoms with Gasteiger partial charge in [0.2, 0.25) is 0 Å². The van der Waals surface area contributed by atoms with Gasteiger partial charge in [-0.15, -0.1) is 0 Å². The molecule has 0 atom stereocenters. The molecule has 12 rings (SSSR count). The number of thiol groups is 1. The monoisotopic (exact) mass is 1230 g/mol. The van der Waals surface area contributed by atoms with Crippen molar-refractivity contribution in [2.75, 3.05) is 7.15 Å². The molecule has 0 aromatic heterocycles. The fourth-order valence-electron chi connectivity index (χ4n) is 10.3. The number of hydrogen-bond donors (Lipinski definition) is 1. The van der Waals surface area contributed by atoms with E-state index in [1.165, 1.54) is 0 Å². The van der Waals surface area contributed by atoms with Crippen LogP contribution in [0.2, 0.25) is 0 Å². The Labute approximate surface area is 506 Å². The summed E-state index contributed by atoms with van der Waals surface area (Å²) in [4.78, 5) is 54.2. The van der Waals surface area contributed by atoms with Gasteiger partial charge in [0.15, 0.2) is 23.1 Å². The van der Waals surface area contributed by atoms with E-state index >= 15 is 0 Å². The predicted octanol–water partition coefficient (Wildman–Crippen LogP) is 19.6. The van der Waals surface area contributed by atoms with Gasteiger partial charge in [-0.2, -0.15) is 0 Å². The zero-order valence-electron chi connectivity index (χ0n) is 45.5. The summed E-state index contributed by atoms with van der Waals surface area (Å²) in [6.07, 6.45) is 0. The summed E-state index contributed by atoms with van der Waals surface area (Å²) in [5, 5.41) is 3.98. The topological polar surface area (TPSA) is 80.6 Å². The fourth-order valence-corrected chi connectivity index (χ4v) is 11.4. The average Bonchev–Trinajstić information content (AvgIpc) is 1.60. The van der Waals surface area contributed by atoms with E-state index in [1.54, 1.807) is 0 Å². The van der Waals surface area contributed by atoms with Gasteiger partial charge in [-0.1, -0.05) is 299 Å². The number of halogens is 3. The summed E-state index contributed by atoms with van der Waals surface area (Å²) in [6.45, 7) is 0. The summed E-state index contributed by atoms with van der Waals surface area (Å²) in [5.41, 5.74) is 12.5. The molecule has 0 unspecified atom stereocenters. The number of carbonyl (C=O) groups is 4. The molecule has 0 aliphatic carbocycles. The van der Waals surface area contributed by atoms with Crippen LogP contribution in [0.3, 0.4) is 0 Å². The van der Waals surface area contributed by atoms with E-state index in [0.717, 1.165) is 75.0 Å². The van der Waals surface area contributed by atoms with E-state index in [1.807, 2.05) is 255 Å². The molecular weight excluding hydrogens is 1180 g/mol. The molecule has 12 aromatic rings. The molecule has 0 aliphatic rings. The summed E-state index contributed by atoms with van der Waals surface area (Å²) in [7, 11) is 3.34. The number of ketones is 4. The molecular formula is C73H50BBr2FNO4S. The second-order valence-electron chi connectivity index (χ2n) is 18.7. The summed E-state index contributed by atoms with van der Waals surface area (Å²) in [6, 6.07) is 88.8. The first kappa shape index (κ1) is 57.2. The van der Waals surface area contributed by atoms with Gasteiger partial charge in [0.25, 0.3) is 0 Å². The first-order valence-corrected chi connectivity index (χ1v) is 28.2. The van der Waals surface area contributed by atoms with Crippen molar-refractivity contribution in [3.05, 3.63) is 333 Å². The zero-order chi connectivity index (χ0) is 59.0. The van der Waals surface area contributed by atoms with Crippen LogP contribution in [0.4, 0.5) is 4.39 Å². The Hall–Kier alpha value is -9.06. The van der Waals surface area contributed by atoms with Gasteiger partial charge in [-0.3, -0.25) is 23.6 Å². The minimum absolute atomic E-state index is 0.00633.